The molecule has 0 saturated carbocycles. The van der Waals surface area contributed by atoms with Gasteiger partial charge in [-0.2, -0.15) is 13.2 Å². The first-order valence-electron chi connectivity index (χ1n) is 8.21. The average Bonchev–Trinajstić information content (AvgIpc) is 2.65. The van der Waals surface area contributed by atoms with E-state index in [4.69, 9.17) is 0 Å². The zero-order valence-electron chi connectivity index (χ0n) is 14.2. The Balaban J connectivity index is 1.59. The molecule has 3 aromatic rings. The van der Waals surface area contributed by atoms with Gasteiger partial charge in [-0.05, 0) is 29.8 Å². The van der Waals surface area contributed by atoms with Crippen molar-refractivity contribution in [1.29, 1.82) is 0 Å². The fraction of sp³-hybridized carbons (Fsp3) is 0.211. The Hall–Kier alpha value is -3.16. The number of rotatable bonds is 5. The van der Waals surface area contributed by atoms with Gasteiger partial charge in [-0.25, -0.2) is 4.98 Å². The summed E-state index contributed by atoms with van der Waals surface area (Å²) in [7, 11) is 0. The Morgan fingerprint density at radius 2 is 1.89 bits per heavy atom. The van der Waals surface area contributed by atoms with Gasteiger partial charge in [-0.3, -0.25) is 14.2 Å². The van der Waals surface area contributed by atoms with Crippen LogP contribution < -0.4 is 10.9 Å². The molecule has 1 N–H and O–H groups in total. The van der Waals surface area contributed by atoms with Crippen molar-refractivity contribution in [2.24, 2.45) is 0 Å². The minimum Gasteiger partial charge on any atom is -0.352 e. The Morgan fingerprint density at radius 3 is 2.67 bits per heavy atom. The highest BCUT2D eigenvalue weighted by Gasteiger charge is 2.30. The highest BCUT2D eigenvalue weighted by Crippen LogP contribution is 2.29. The molecule has 0 bridgehead atoms. The first-order valence-corrected chi connectivity index (χ1v) is 8.21. The SMILES string of the molecule is O=C(CCn1cnc2ccccc2c1=O)NCc1cccc(C(F)(F)F)c1. The number of hydrogen-bond donors (Lipinski definition) is 1. The molecular formula is C19H16F3N3O2. The van der Waals surface area contributed by atoms with Gasteiger partial charge in [0.25, 0.3) is 5.56 Å². The molecule has 0 aliphatic rings. The van der Waals surface area contributed by atoms with Crippen molar-refractivity contribution in [3.63, 3.8) is 0 Å². The fourth-order valence-electron chi connectivity index (χ4n) is 2.63. The van der Waals surface area contributed by atoms with Gasteiger partial charge in [0.2, 0.25) is 5.91 Å². The van der Waals surface area contributed by atoms with Crippen molar-refractivity contribution in [2.45, 2.75) is 25.7 Å². The number of aryl methyl sites for hydroxylation is 1. The van der Waals surface area contributed by atoms with Gasteiger partial charge >= 0.3 is 6.18 Å². The molecule has 0 unspecified atom stereocenters. The molecule has 0 aliphatic carbocycles. The second-order valence-corrected chi connectivity index (χ2v) is 5.99. The standard InChI is InChI=1S/C19H16F3N3O2/c20-19(21,22)14-5-3-4-13(10-14)11-23-17(26)8-9-25-12-24-16-7-2-1-6-15(16)18(25)27/h1-7,10,12H,8-9,11H2,(H,23,26). The zero-order chi connectivity index (χ0) is 19.4. The molecule has 0 saturated heterocycles. The second kappa shape index (κ2) is 7.61. The summed E-state index contributed by atoms with van der Waals surface area (Å²) in [4.78, 5) is 28.5. The monoisotopic (exact) mass is 375 g/mol. The van der Waals surface area contributed by atoms with E-state index in [-0.39, 0.29) is 31.0 Å². The summed E-state index contributed by atoms with van der Waals surface area (Å²) in [6.45, 7) is 0.110. The Morgan fingerprint density at radius 1 is 1.11 bits per heavy atom. The maximum atomic E-state index is 12.7. The van der Waals surface area contributed by atoms with Crippen LogP contribution in [0.15, 0.2) is 59.7 Å². The van der Waals surface area contributed by atoms with E-state index in [1.807, 2.05) is 0 Å². The third-order valence-electron chi connectivity index (χ3n) is 4.06. The van der Waals surface area contributed by atoms with Crippen molar-refractivity contribution >= 4 is 16.8 Å². The van der Waals surface area contributed by atoms with E-state index >= 15 is 0 Å². The van der Waals surface area contributed by atoms with Crippen LogP contribution in [0.4, 0.5) is 13.2 Å². The molecule has 2 aromatic carbocycles. The number of fused-ring (bicyclic) bond motifs is 1. The number of hydrogen-bond acceptors (Lipinski definition) is 3. The second-order valence-electron chi connectivity index (χ2n) is 5.99. The third kappa shape index (κ3) is 4.52. The van der Waals surface area contributed by atoms with Crippen LogP contribution in [0.1, 0.15) is 17.5 Å². The number of alkyl halides is 3. The molecule has 140 valence electrons. The van der Waals surface area contributed by atoms with Gasteiger partial charge in [0.05, 0.1) is 22.8 Å². The summed E-state index contributed by atoms with van der Waals surface area (Å²) in [6.07, 6.45) is -3.03. The topological polar surface area (TPSA) is 64.0 Å². The zero-order valence-corrected chi connectivity index (χ0v) is 14.2. The van der Waals surface area contributed by atoms with E-state index in [1.54, 1.807) is 24.3 Å². The predicted octanol–water partition coefficient (Wildman–Crippen LogP) is 3.12. The van der Waals surface area contributed by atoms with Crippen LogP contribution in [0, 0.1) is 0 Å². The van der Waals surface area contributed by atoms with E-state index in [0.717, 1.165) is 12.1 Å². The van der Waals surface area contributed by atoms with Crippen molar-refractivity contribution < 1.29 is 18.0 Å². The number of para-hydroxylation sites is 1. The number of carbonyl (C=O) groups is 1. The molecule has 0 fully saturated rings. The maximum absolute atomic E-state index is 12.7. The quantitative estimate of drug-likeness (QED) is 0.745. The molecule has 0 radical (unpaired) electrons. The molecule has 8 heteroatoms. The van der Waals surface area contributed by atoms with Gasteiger partial charge in [0.15, 0.2) is 0 Å². The number of carbonyl (C=O) groups excluding carboxylic acids is 1. The molecule has 5 nitrogen and oxygen atoms in total. The lowest BCUT2D eigenvalue weighted by atomic mass is 10.1. The van der Waals surface area contributed by atoms with Crippen LogP contribution in [0.5, 0.6) is 0 Å². The Labute approximate surface area is 152 Å². The molecule has 1 amide bonds. The minimum absolute atomic E-state index is 0.0128. The van der Waals surface area contributed by atoms with Gasteiger partial charge in [0.1, 0.15) is 0 Å². The summed E-state index contributed by atoms with van der Waals surface area (Å²) in [5, 5.41) is 3.02. The number of nitrogens with one attached hydrogen (secondary N) is 1. The summed E-state index contributed by atoms with van der Waals surface area (Å²) >= 11 is 0. The van der Waals surface area contributed by atoms with Crippen LogP contribution in [-0.2, 0) is 24.1 Å². The summed E-state index contributed by atoms with van der Waals surface area (Å²) in [6, 6.07) is 11.7. The maximum Gasteiger partial charge on any atom is 0.416 e. The molecule has 0 spiro atoms. The van der Waals surface area contributed by atoms with E-state index in [2.05, 4.69) is 10.3 Å². The number of benzene rings is 2. The fourth-order valence-corrected chi connectivity index (χ4v) is 2.63. The molecule has 0 aliphatic heterocycles. The van der Waals surface area contributed by atoms with Crippen LogP contribution in [0.3, 0.4) is 0 Å². The van der Waals surface area contributed by atoms with Gasteiger partial charge in [-0.1, -0.05) is 24.3 Å². The van der Waals surface area contributed by atoms with Crippen molar-refractivity contribution in [1.82, 2.24) is 14.9 Å². The van der Waals surface area contributed by atoms with Gasteiger partial charge < -0.3 is 5.32 Å². The molecule has 1 heterocycles. The minimum atomic E-state index is -4.43. The molecule has 1 aromatic heterocycles. The Kier molecular flexibility index (Phi) is 5.25. The Bertz CT molecular complexity index is 1030. The van der Waals surface area contributed by atoms with Crippen molar-refractivity contribution in [3.8, 4) is 0 Å². The number of amides is 1. The molecule has 3 rings (SSSR count). The summed E-state index contributed by atoms with van der Waals surface area (Å²) in [5.74, 6) is -0.368. The largest absolute Gasteiger partial charge is 0.416 e. The van der Waals surface area contributed by atoms with Gasteiger partial charge in [0, 0.05) is 19.5 Å². The number of halogens is 3. The summed E-state index contributed by atoms with van der Waals surface area (Å²) in [5.41, 5.74) is -0.0789. The van der Waals surface area contributed by atoms with E-state index in [0.29, 0.717) is 16.5 Å². The number of nitrogens with zero attached hydrogens (tertiary/aromatic N) is 2. The summed E-state index contributed by atoms with van der Waals surface area (Å²) < 4.78 is 39.4. The predicted molar refractivity (Wildman–Crippen MR) is 93.9 cm³/mol. The lowest BCUT2D eigenvalue weighted by molar-refractivity contribution is -0.137. The molecule has 0 atom stereocenters. The third-order valence-corrected chi connectivity index (χ3v) is 4.06. The first kappa shape index (κ1) is 18.6. The highest BCUT2D eigenvalue weighted by atomic mass is 19.4. The first-order chi connectivity index (χ1) is 12.8. The van der Waals surface area contributed by atoms with Crippen LogP contribution in [0.2, 0.25) is 0 Å². The van der Waals surface area contributed by atoms with Crippen LogP contribution in [-0.4, -0.2) is 15.5 Å². The van der Waals surface area contributed by atoms with E-state index in [9.17, 15) is 22.8 Å². The van der Waals surface area contributed by atoms with Crippen LogP contribution >= 0.6 is 0 Å². The lowest BCUT2D eigenvalue weighted by Crippen LogP contribution is -2.27. The molecule has 27 heavy (non-hydrogen) atoms. The smallest absolute Gasteiger partial charge is 0.352 e. The van der Waals surface area contributed by atoms with Gasteiger partial charge in [-0.15, -0.1) is 0 Å². The lowest BCUT2D eigenvalue weighted by Gasteiger charge is -2.10. The highest BCUT2D eigenvalue weighted by molar-refractivity contribution is 5.77. The normalized spacial score (nSPS) is 11.5. The van der Waals surface area contributed by atoms with Crippen LogP contribution in [0.25, 0.3) is 10.9 Å². The van der Waals surface area contributed by atoms with Crippen molar-refractivity contribution in [2.75, 3.05) is 0 Å². The average molecular weight is 375 g/mol. The number of aromatic nitrogens is 2. The van der Waals surface area contributed by atoms with E-state index in [1.165, 1.54) is 23.0 Å². The van der Waals surface area contributed by atoms with E-state index < -0.39 is 11.7 Å². The molecular weight excluding hydrogens is 359 g/mol. The van der Waals surface area contributed by atoms with Crippen molar-refractivity contribution in [3.05, 3.63) is 76.3 Å².